The molecule has 3 nitrogen and oxygen atoms in total. The van der Waals surface area contributed by atoms with Crippen LogP contribution < -0.4 is 10.6 Å². The standard InChI is InChI=1S/C15H23BrN2O/c1-11(12-6-5-7-13(16)10-12)17-9-8-14(19)18-15(2,3)4/h5-7,10-11,17H,8-9H2,1-4H3,(H,18,19). The molecule has 0 fully saturated rings. The van der Waals surface area contributed by atoms with Crippen LogP contribution in [0.15, 0.2) is 28.7 Å². The van der Waals surface area contributed by atoms with Gasteiger partial charge in [-0.05, 0) is 45.4 Å². The van der Waals surface area contributed by atoms with Crippen molar-refractivity contribution in [1.82, 2.24) is 10.6 Å². The highest BCUT2D eigenvalue weighted by Crippen LogP contribution is 2.17. The van der Waals surface area contributed by atoms with Crippen molar-refractivity contribution >= 4 is 21.8 Å². The van der Waals surface area contributed by atoms with Crippen molar-refractivity contribution in [2.24, 2.45) is 0 Å². The molecule has 1 amide bonds. The first-order valence-electron chi connectivity index (χ1n) is 6.58. The second kappa shape index (κ2) is 7.06. The third-order valence-electron chi connectivity index (χ3n) is 2.67. The molecule has 106 valence electrons. The molecule has 0 aliphatic heterocycles. The summed E-state index contributed by atoms with van der Waals surface area (Å²) < 4.78 is 1.07. The van der Waals surface area contributed by atoms with Gasteiger partial charge in [-0.2, -0.15) is 0 Å². The molecule has 1 unspecified atom stereocenters. The van der Waals surface area contributed by atoms with Crippen molar-refractivity contribution in [3.8, 4) is 0 Å². The van der Waals surface area contributed by atoms with Crippen LogP contribution in [0.5, 0.6) is 0 Å². The Labute approximate surface area is 124 Å². The number of rotatable bonds is 5. The highest BCUT2D eigenvalue weighted by Gasteiger charge is 2.13. The lowest BCUT2D eigenvalue weighted by Crippen LogP contribution is -2.41. The van der Waals surface area contributed by atoms with Crippen LogP contribution in [-0.4, -0.2) is 18.0 Å². The topological polar surface area (TPSA) is 41.1 Å². The van der Waals surface area contributed by atoms with Gasteiger partial charge in [0.05, 0.1) is 0 Å². The van der Waals surface area contributed by atoms with E-state index in [4.69, 9.17) is 0 Å². The molecule has 1 rings (SSSR count). The van der Waals surface area contributed by atoms with Crippen molar-refractivity contribution in [2.45, 2.75) is 45.7 Å². The van der Waals surface area contributed by atoms with E-state index >= 15 is 0 Å². The average molecular weight is 327 g/mol. The first-order valence-corrected chi connectivity index (χ1v) is 7.37. The van der Waals surface area contributed by atoms with Gasteiger partial charge in [0.1, 0.15) is 0 Å². The first kappa shape index (κ1) is 16.2. The van der Waals surface area contributed by atoms with Gasteiger partial charge in [0.15, 0.2) is 0 Å². The molecular formula is C15H23BrN2O. The Morgan fingerprint density at radius 3 is 2.63 bits per heavy atom. The minimum Gasteiger partial charge on any atom is -0.351 e. The first-order chi connectivity index (χ1) is 8.78. The SMILES string of the molecule is CC(NCCC(=O)NC(C)(C)C)c1cccc(Br)c1. The van der Waals surface area contributed by atoms with Crippen molar-refractivity contribution in [1.29, 1.82) is 0 Å². The summed E-state index contributed by atoms with van der Waals surface area (Å²) in [5.41, 5.74) is 1.05. The molecule has 1 aromatic rings. The zero-order chi connectivity index (χ0) is 14.5. The number of carbonyl (C=O) groups is 1. The zero-order valence-corrected chi connectivity index (χ0v) is 13.7. The summed E-state index contributed by atoms with van der Waals surface area (Å²) in [5, 5.41) is 6.32. The lowest BCUT2D eigenvalue weighted by molar-refractivity contribution is -0.122. The fraction of sp³-hybridized carbons (Fsp3) is 0.533. The highest BCUT2D eigenvalue weighted by molar-refractivity contribution is 9.10. The number of hydrogen-bond acceptors (Lipinski definition) is 2. The molecule has 4 heteroatoms. The van der Waals surface area contributed by atoms with Gasteiger partial charge >= 0.3 is 0 Å². The fourth-order valence-electron chi connectivity index (χ4n) is 1.78. The molecule has 0 bridgehead atoms. The molecule has 1 atom stereocenters. The van der Waals surface area contributed by atoms with Crippen LogP contribution in [0.2, 0.25) is 0 Å². The third-order valence-corrected chi connectivity index (χ3v) is 3.16. The minimum atomic E-state index is -0.160. The summed E-state index contributed by atoms with van der Waals surface area (Å²) in [6, 6.07) is 8.43. The van der Waals surface area contributed by atoms with E-state index in [-0.39, 0.29) is 17.5 Å². The minimum absolute atomic E-state index is 0.0847. The smallest absolute Gasteiger partial charge is 0.221 e. The summed E-state index contributed by atoms with van der Waals surface area (Å²) in [7, 11) is 0. The summed E-state index contributed by atoms with van der Waals surface area (Å²) >= 11 is 3.46. The maximum absolute atomic E-state index is 11.7. The zero-order valence-electron chi connectivity index (χ0n) is 12.1. The van der Waals surface area contributed by atoms with Crippen molar-refractivity contribution in [3.63, 3.8) is 0 Å². The van der Waals surface area contributed by atoms with E-state index in [9.17, 15) is 4.79 Å². The van der Waals surface area contributed by atoms with Gasteiger partial charge in [0.25, 0.3) is 0 Å². The van der Waals surface area contributed by atoms with Crippen LogP contribution in [0.25, 0.3) is 0 Å². The second-order valence-electron chi connectivity index (χ2n) is 5.78. The van der Waals surface area contributed by atoms with E-state index in [1.807, 2.05) is 32.9 Å². The molecule has 1 aromatic carbocycles. The van der Waals surface area contributed by atoms with Crippen molar-refractivity contribution in [3.05, 3.63) is 34.3 Å². The van der Waals surface area contributed by atoms with Gasteiger partial charge in [-0.1, -0.05) is 28.1 Å². The Kier molecular flexibility index (Phi) is 6.01. The van der Waals surface area contributed by atoms with Gasteiger partial charge in [-0.25, -0.2) is 0 Å². The summed E-state index contributed by atoms with van der Waals surface area (Å²) in [6.45, 7) is 8.74. The van der Waals surface area contributed by atoms with E-state index in [1.165, 1.54) is 5.56 Å². The largest absolute Gasteiger partial charge is 0.351 e. The Balaban J connectivity index is 2.35. The number of carbonyl (C=O) groups excluding carboxylic acids is 1. The van der Waals surface area contributed by atoms with E-state index < -0.39 is 0 Å². The second-order valence-corrected chi connectivity index (χ2v) is 6.69. The molecule has 0 radical (unpaired) electrons. The van der Waals surface area contributed by atoms with E-state index in [0.29, 0.717) is 13.0 Å². The Bertz CT molecular complexity index is 426. The van der Waals surface area contributed by atoms with Crippen LogP contribution in [0, 0.1) is 0 Å². The number of amides is 1. The monoisotopic (exact) mass is 326 g/mol. The van der Waals surface area contributed by atoms with Crippen LogP contribution in [0.1, 0.15) is 45.7 Å². The lowest BCUT2D eigenvalue weighted by Gasteiger charge is -2.21. The number of halogens is 1. The molecule has 0 saturated carbocycles. The average Bonchev–Trinajstić information content (AvgIpc) is 2.26. The maximum Gasteiger partial charge on any atom is 0.221 e. The van der Waals surface area contributed by atoms with Gasteiger partial charge in [-0.15, -0.1) is 0 Å². The van der Waals surface area contributed by atoms with Gasteiger partial charge in [0, 0.05) is 29.0 Å². The molecule has 0 saturated heterocycles. The summed E-state index contributed by atoms with van der Waals surface area (Å²) in [6.07, 6.45) is 0.496. The van der Waals surface area contributed by atoms with E-state index in [1.54, 1.807) is 0 Å². The van der Waals surface area contributed by atoms with Gasteiger partial charge in [0.2, 0.25) is 5.91 Å². The molecule has 0 aromatic heterocycles. The number of nitrogens with one attached hydrogen (secondary N) is 2. The van der Waals surface area contributed by atoms with Gasteiger partial charge < -0.3 is 10.6 Å². The summed E-state index contributed by atoms with van der Waals surface area (Å²) in [5.74, 6) is 0.0847. The van der Waals surface area contributed by atoms with E-state index in [0.717, 1.165) is 4.47 Å². The molecule has 0 aliphatic carbocycles. The Hall–Kier alpha value is -0.870. The maximum atomic E-state index is 11.7. The molecular weight excluding hydrogens is 304 g/mol. The van der Waals surface area contributed by atoms with Crippen LogP contribution in [0.4, 0.5) is 0 Å². The predicted octanol–water partition coefficient (Wildman–Crippen LogP) is 3.40. The molecule has 2 N–H and O–H groups in total. The third kappa shape index (κ3) is 6.73. The van der Waals surface area contributed by atoms with Crippen molar-refractivity contribution in [2.75, 3.05) is 6.54 Å². The highest BCUT2D eigenvalue weighted by atomic mass is 79.9. The van der Waals surface area contributed by atoms with Gasteiger partial charge in [-0.3, -0.25) is 4.79 Å². The quantitative estimate of drug-likeness (QED) is 0.870. The fourth-order valence-corrected chi connectivity index (χ4v) is 2.19. The Morgan fingerprint density at radius 1 is 1.37 bits per heavy atom. The number of hydrogen-bond donors (Lipinski definition) is 2. The van der Waals surface area contributed by atoms with E-state index in [2.05, 4.69) is 45.6 Å². The van der Waals surface area contributed by atoms with Crippen LogP contribution in [0.3, 0.4) is 0 Å². The van der Waals surface area contributed by atoms with Crippen LogP contribution in [-0.2, 0) is 4.79 Å². The molecule has 0 spiro atoms. The number of benzene rings is 1. The van der Waals surface area contributed by atoms with Crippen LogP contribution >= 0.6 is 15.9 Å². The molecule has 0 heterocycles. The Morgan fingerprint density at radius 2 is 2.05 bits per heavy atom. The summed E-state index contributed by atoms with van der Waals surface area (Å²) in [4.78, 5) is 11.7. The molecule has 0 aliphatic rings. The molecule has 19 heavy (non-hydrogen) atoms. The lowest BCUT2D eigenvalue weighted by atomic mass is 10.1. The van der Waals surface area contributed by atoms with Crippen molar-refractivity contribution < 1.29 is 4.79 Å². The predicted molar refractivity (Wildman–Crippen MR) is 83.1 cm³/mol. The normalized spacial score (nSPS) is 13.1.